The van der Waals surface area contributed by atoms with E-state index in [-0.39, 0.29) is 18.6 Å². The van der Waals surface area contributed by atoms with Crippen molar-refractivity contribution in [1.82, 2.24) is 10.3 Å². The number of hydrogen-bond acceptors (Lipinski definition) is 5. The number of aryl methyl sites for hydroxylation is 3. The van der Waals surface area contributed by atoms with Crippen LogP contribution in [-0.2, 0) is 16.0 Å². The van der Waals surface area contributed by atoms with Crippen LogP contribution in [0.1, 0.15) is 50.4 Å². The predicted molar refractivity (Wildman–Crippen MR) is 92.1 cm³/mol. The Morgan fingerprint density at radius 1 is 1.33 bits per heavy atom. The van der Waals surface area contributed by atoms with Crippen LogP contribution in [0.25, 0.3) is 0 Å². The topological polar surface area (TPSA) is 68.3 Å². The summed E-state index contributed by atoms with van der Waals surface area (Å²) < 4.78 is 5.11. The van der Waals surface area contributed by atoms with Gasteiger partial charge in [-0.1, -0.05) is 24.3 Å². The number of thiazole rings is 1. The summed E-state index contributed by atoms with van der Waals surface area (Å²) >= 11 is 1.44. The molecule has 126 valence electrons. The number of nitrogens with one attached hydrogen (secondary N) is 1. The Hall–Kier alpha value is -2.21. The van der Waals surface area contributed by atoms with Gasteiger partial charge in [0.1, 0.15) is 0 Å². The highest BCUT2D eigenvalue weighted by Crippen LogP contribution is 2.29. The van der Waals surface area contributed by atoms with Crippen LogP contribution in [0.15, 0.2) is 24.3 Å². The number of ether oxygens (including phenoxy) is 1. The summed E-state index contributed by atoms with van der Waals surface area (Å²) in [7, 11) is 0. The average molecular weight is 344 g/mol. The van der Waals surface area contributed by atoms with Gasteiger partial charge in [-0.05, 0) is 44.2 Å². The smallest absolute Gasteiger partial charge is 0.358 e. The lowest BCUT2D eigenvalue weighted by Gasteiger charge is -2.26. The van der Waals surface area contributed by atoms with Crippen LogP contribution in [0.5, 0.6) is 0 Å². The second-order valence-corrected chi connectivity index (χ2v) is 7.33. The van der Waals surface area contributed by atoms with Crippen molar-refractivity contribution in [3.8, 4) is 0 Å². The zero-order valence-electron chi connectivity index (χ0n) is 13.8. The lowest BCUT2D eigenvalue weighted by molar-refractivity contribution is -0.125. The molecule has 1 atom stereocenters. The molecule has 0 aliphatic heterocycles. The first-order valence-corrected chi connectivity index (χ1v) is 8.84. The lowest BCUT2D eigenvalue weighted by Crippen LogP contribution is -2.34. The molecule has 1 aromatic carbocycles. The number of benzene rings is 1. The Labute approximate surface area is 145 Å². The number of amides is 1. The first kappa shape index (κ1) is 16.6. The molecule has 5 nitrogen and oxygen atoms in total. The molecule has 0 radical (unpaired) electrons. The molecule has 24 heavy (non-hydrogen) atoms. The number of aromatic nitrogens is 1. The molecular weight excluding hydrogens is 324 g/mol. The van der Waals surface area contributed by atoms with Crippen molar-refractivity contribution < 1.29 is 14.3 Å². The van der Waals surface area contributed by atoms with Crippen LogP contribution in [0.2, 0.25) is 0 Å². The molecule has 6 heteroatoms. The number of fused-ring (bicyclic) bond motifs is 1. The molecule has 0 spiro atoms. The molecule has 0 unspecified atom stereocenters. The van der Waals surface area contributed by atoms with E-state index in [2.05, 4.69) is 16.4 Å². The van der Waals surface area contributed by atoms with Crippen LogP contribution in [-0.4, -0.2) is 23.5 Å². The average Bonchev–Trinajstić information content (AvgIpc) is 2.91. The van der Waals surface area contributed by atoms with Crippen molar-refractivity contribution in [3.05, 3.63) is 51.0 Å². The molecule has 0 fully saturated rings. The number of esters is 1. The molecule has 1 aliphatic rings. The Morgan fingerprint density at radius 2 is 2.12 bits per heavy atom. The summed E-state index contributed by atoms with van der Waals surface area (Å²) in [5.41, 5.74) is 2.74. The standard InChI is InChI=1S/C18H20N2O3S/c1-11-17(19-12(2)24-11)18(22)23-10-16(21)20-15-9-5-7-13-6-3-4-8-14(13)15/h3-4,6,8,15H,5,7,9-10H2,1-2H3,(H,20,21)/t15-/m0/s1. The minimum atomic E-state index is -0.545. The predicted octanol–water partition coefficient (Wildman–Crippen LogP) is 3.11. The van der Waals surface area contributed by atoms with E-state index < -0.39 is 5.97 Å². The van der Waals surface area contributed by atoms with Gasteiger partial charge in [-0.2, -0.15) is 0 Å². The fraction of sp³-hybridized carbons (Fsp3) is 0.389. The maximum atomic E-state index is 12.1. The van der Waals surface area contributed by atoms with Crippen LogP contribution in [0.3, 0.4) is 0 Å². The molecule has 0 saturated carbocycles. The van der Waals surface area contributed by atoms with E-state index in [1.807, 2.05) is 32.0 Å². The Balaban J connectivity index is 1.57. The number of rotatable bonds is 4. The molecule has 1 amide bonds. The second-order valence-electron chi connectivity index (χ2n) is 5.92. The summed E-state index contributed by atoms with van der Waals surface area (Å²) in [5, 5.41) is 3.78. The molecule has 1 aromatic heterocycles. The molecule has 1 aliphatic carbocycles. The highest BCUT2D eigenvalue weighted by molar-refractivity contribution is 7.11. The molecule has 0 saturated heterocycles. The van der Waals surface area contributed by atoms with Crippen LogP contribution >= 0.6 is 11.3 Å². The molecule has 1 heterocycles. The third kappa shape index (κ3) is 3.64. The lowest BCUT2D eigenvalue weighted by atomic mass is 9.88. The maximum absolute atomic E-state index is 12.1. The van der Waals surface area contributed by atoms with Gasteiger partial charge in [0, 0.05) is 4.88 Å². The van der Waals surface area contributed by atoms with Gasteiger partial charge in [0.2, 0.25) is 0 Å². The van der Waals surface area contributed by atoms with Crippen molar-refractivity contribution >= 4 is 23.2 Å². The van der Waals surface area contributed by atoms with Crippen LogP contribution in [0, 0.1) is 13.8 Å². The van der Waals surface area contributed by atoms with Crippen molar-refractivity contribution in [2.24, 2.45) is 0 Å². The monoisotopic (exact) mass is 344 g/mol. The SMILES string of the molecule is Cc1nc(C(=O)OCC(=O)N[C@H]2CCCc3ccccc32)c(C)s1. The van der Waals surface area contributed by atoms with E-state index in [1.54, 1.807) is 0 Å². The van der Waals surface area contributed by atoms with Crippen molar-refractivity contribution in [2.75, 3.05) is 6.61 Å². The summed E-state index contributed by atoms with van der Waals surface area (Å²) in [6.07, 6.45) is 2.99. The fourth-order valence-electron chi connectivity index (χ4n) is 3.06. The van der Waals surface area contributed by atoms with E-state index in [9.17, 15) is 9.59 Å². The first-order valence-electron chi connectivity index (χ1n) is 8.03. The molecule has 3 rings (SSSR count). The largest absolute Gasteiger partial charge is 0.451 e. The van der Waals surface area contributed by atoms with Gasteiger partial charge in [0.25, 0.3) is 5.91 Å². The van der Waals surface area contributed by atoms with Gasteiger partial charge >= 0.3 is 5.97 Å². The second kappa shape index (κ2) is 7.13. The minimum Gasteiger partial charge on any atom is -0.451 e. The van der Waals surface area contributed by atoms with Gasteiger partial charge in [-0.25, -0.2) is 9.78 Å². The number of nitrogens with zero attached hydrogens (tertiary/aromatic N) is 1. The summed E-state index contributed by atoms with van der Waals surface area (Å²) in [4.78, 5) is 29.1. The Bertz CT molecular complexity index is 769. The fourth-order valence-corrected chi connectivity index (χ4v) is 3.86. The van der Waals surface area contributed by atoms with Crippen LogP contribution in [0.4, 0.5) is 0 Å². The van der Waals surface area contributed by atoms with Gasteiger partial charge in [-0.15, -0.1) is 11.3 Å². The Kier molecular flexibility index (Phi) is 4.94. The third-order valence-electron chi connectivity index (χ3n) is 4.14. The van der Waals surface area contributed by atoms with Crippen molar-refractivity contribution in [1.29, 1.82) is 0 Å². The Morgan fingerprint density at radius 3 is 2.88 bits per heavy atom. The van der Waals surface area contributed by atoms with E-state index in [4.69, 9.17) is 4.74 Å². The number of carbonyl (C=O) groups is 2. The van der Waals surface area contributed by atoms with Gasteiger partial charge in [0.05, 0.1) is 11.0 Å². The van der Waals surface area contributed by atoms with E-state index in [0.29, 0.717) is 5.69 Å². The molecule has 1 N–H and O–H groups in total. The molecular formula is C18H20N2O3S. The summed E-state index contributed by atoms with van der Waals surface area (Å²) in [6, 6.07) is 8.14. The number of carbonyl (C=O) groups excluding carboxylic acids is 2. The highest BCUT2D eigenvalue weighted by atomic mass is 32.1. The van der Waals surface area contributed by atoms with E-state index in [0.717, 1.165) is 34.7 Å². The quantitative estimate of drug-likeness (QED) is 0.866. The summed E-state index contributed by atoms with van der Waals surface area (Å²) in [6.45, 7) is 3.37. The normalized spacial score (nSPS) is 16.3. The first-order chi connectivity index (χ1) is 11.5. The molecule has 0 bridgehead atoms. The zero-order chi connectivity index (χ0) is 17.1. The minimum absolute atomic E-state index is 0.00981. The number of hydrogen-bond donors (Lipinski definition) is 1. The van der Waals surface area contributed by atoms with Crippen molar-refractivity contribution in [3.63, 3.8) is 0 Å². The van der Waals surface area contributed by atoms with Gasteiger partial charge < -0.3 is 10.1 Å². The van der Waals surface area contributed by atoms with Gasteiger partial charge in [0.15, 0.2) is 12.3 Å². The van der Waals surface area contributed by atoms with Crippen LogP contribution < -0.4 is 5.32 Å². The third-order valence-corrected chi connectivity index (χ3v) is 5.02. The van der Waals surface area contributed by atoms with Crippen molar-refractivity contribution in [2.45, 2.75) is 39.2 Å². The summed E-state index contributed by atoms with van der Waals surface area (Å²) in [5.74, 6) is -0.828. The zero-order valence-corrected chi connectivity index (χ0v) is 14.6. The molecule has 2 aromatic rings. The van der Waals surface area contributed by atoms with E-state index >= 15 is 0 Å². The van der Waals surface area contributed by atoms with E-state index in [1.165, 1.54) is 16.9 Å². The van der Waals surface area contributed by atoms with Gasteiger partial charge in [-0.3, -0.25) is 4.79 Å². The maximum Gasteiger partial charge on any atom is 0.358 e. The highest BCUT2D eigenvalue weighted by Gasteiger charge is 2.22.